The first-order chi connectivity index (χ1) is 7.40. The zero-order chi connectivity index (χ0) is 12.3. The zero-order valence-corrected chi connectivity index (χ0v) is 8.73. The molecular formula is C11H12O5. The summed E-state index contributed by atoms with van der Waals surface area (Å²) in [5.41, 5.74) is 0.413. The second-order valence-electron chi connectivity index (χ2n) is 3.56. The van der Waals surface area contributed by atoms with Crippen LogP contribution in [0.25, 0.3) is 0 Å². The molecule has 5 nitrogen and oxygen atoms in total. The van der Waals surface area contributed by atoms with Gasteiger partial charge in [-0.05, 0) is 19.1 Å². The van der Waals surface area contributed by atoms with Gasteiger partial charge in [-0.25, -0.2) is 0 Å². The molecule has 0 aliphatic carbocycles. The summed E-state index contributed by atoms with van der Waals surface area (Å²) < 4.78 is 0. The molecule has 0 unspecified atom stereocenters. The Bertz CT molecular complexity index is 394. The molecule has 3 N–H and O–H groups in total. The minimum Gasteiger partial charge on any atom is -0.508 e. The molecule has 0 bridgehead atoms. The summed E-state index contributed by atoms with van der Waals surface area (Å²) >= 11 is 0. The number of benzene rings is 1. The Hall–Kier alpha value is -2.04. The van der Waals surface area contributed by atoms with E-state index >= 15 is 0 Å². The molecule has 0 aliphatic rings. The highest BCUT2D eigenvalue weighted by Crippen LogP contribution is 2.28. The summed E-state index contributed by atoms with van der Waals surface area (Å²) in [6, 6.07) is 2.39. The number of hydrogen-bond donors (Lipinski definition) is 3. The summed E-state index contributed by atoms with van der Waals surface area (Å²) in [6.45, 7) is 1.36. The number of Topliss-reactive ketones (excluding diaryl/α,β-unsaturated/α-hetero) is 1. The Morgan fingerprint density at radius 1 is 1.06 bits per heavy atom. The van der Waals surface area contributed by atoms with Crippen LogP contribution in [-0.4, -0.2) is 27.1 Å². The van der Waals surface area contributed by atoms with Crippen LogP contribution < -0.4 is 0 Å². The summed E-state index contributed by atoms with van der Waals surface area (Å²) in [5.74, 6) is -1.66. The van der Waals surface area contributed by atoms with E-state index in [0.717, 1.165) is 0 Å². The van der Waals surface area contributed by atoms with E-state index < -0.39 is 5.97 Å². The van der Waals surface area contributed by atoms with E-state index in [1.54, 1.807) is 0 Å². The van der Waals surface area contributed by atoms with Gasteiger partial charge >= 0.3 is 5.97 Å². The highest BCUT2D eigenvalue weighted by molar-refractivity contribution is 5.79. The van der Waals surface area contributed by atoms with Crippen LogP contribution in [-0.2, 0) is 22.4 Å². The van der Waals surface area contributed by atoms with Crippen LogP contribution in [0.5, 0.6) is 11.5 Å². The van der Waals surface area contributed by atoms with Crippen molar-refractivity contribution in [2.24, 2.45) is 0 Å². The molecule has 1 aromatic rings. The lowest BCUT2D eigenvalue weighted by Crippen LogP contribution is -2.02. The van der Waals surface area contributed by atoms with E-state index in [-0.39, 0.29) is 35.7 Å². The topological polar surface area (TPSA) is 94.8 Å². The minimum atomic E-state index is -1.10. The van der Waals surface area contributed by atoms with Crippen LogP contribution in [0.1, 0.15) is 18.1 Å². The average Bonchev–Trinajstić information content (AvgIpc) is 2.11. The lowest BCUT2D eigenvalue weighted by molar-refractivity contribution is -0.136. The maximum Gasteiger partial charge on any atom is 0.307 e. The molecule has 0 saturated carbocycles. The van der Waals surface area contributed by atoms with Crippen molar-refractivity contribution >= 4 is 11.8 Å². The van der Waals surface area contributed by atoms with Gasteiger partial charge in [0.2, 0.25) is 0 Å². The van der Waals surface area contributed by atoms with Crippen molar-refractivity contribution in [3.05, 3.63) is 23.3 Å². The number of aliphatic carboxylic acids is 1. The molecule has 0 fully saturated rings. The van der Waals surface area contributed by atoms with E-state index in [9.17, 15) is 19.8 Å². The second kappa shape index (κ2) is 4.65. The Labute approximate surface area is 92.0 Å². The number of carboxylic acid groups (broad SMARTS) is 1. The molecule has 16 heavy (non-hydrogen) atoms. The van der Waals surface area contributed by atoms with Gasteiger partial charge in [0.05, 0.1) is 6.42 Å². The average molecular weight is 224 g/mol. The Balaban J connectivity index is 3.06. The molecule has 0 atom stereocenters. The lowest BCUT2D eigenvalue weighted by Gasteiger charge is -2.07. The van der Waals surface area contributed by atoms with Crippen LogP contribution in [0, 0.1) is 0 Å². The number of carbonyl (C=O) groups excluding carboxylic acids is 1. The van der Waals surface area contributed by atoms with E-state index in [1.807, 2.05) is 0 Å². The van der Waals surface area contributed by atoms with Gasteiger partial charge in [0.25, 0.3) is 0 Å². The van der Waals surface area contributed by atoms with Gasteiger partial charge in [-0.1, -0.05) is 0 Å². The molecule has 0 aliphatic heterocycles. The van der Waals surface area contributed by atoms with Crippen LogP contribution in [0.4, 0.5) is 0 Å². The summed E-state index contributed by atoms with van der Waals surface area (Å²) in [6.07, 6.45) is -0.369. The number of rotatable bonds is 4. The predicted octanol–water partition coefficient (Wildman–Crippen LogP) is 0.856. The molecule has 1 aromatic carbocycles. The van der Waals surface area contributed by atoms with Gasteiger partial charge in [-0.2, -0.15) is 0 Å². The summed E-state index contributed by atoms with van der Waals surface area (Å²) in [4.78, 5) is 21.3. The third kappa shape index (κ3) is 2.98. The molecule has 0 spiro atoms. The summed E-state index contributed by atoms with van der Waals surface area (Å²) in [7, 11) is 0. The zero-order valence-electron chi connectivity index (χ0n) is 8.73. The molecule has 0 radical (unpaired) electrons. The molecule has 86 valence electrons. The van der Waals surface area contributed by atoms with Gasteiger partial charge in [-0.3, -0.25) is 9.59 Å². The SMILES string of the molecule is CC(=O)Cc1cc(O)c(CC(=O)O)cc1O. The first kappa shape index (κ1) is 12.0. The van der Waals surface area contributed by atoms with Crippen molar-refractivity contribution in [1.82, 2.24) is 0 Å². The highest BCUT2D eigenvalue weighted by Gasteiger charge is 2.12. The molecule has 0 amide bonds. The fourth-order valence-electron chi connectivity index (χ4n) is 1.38. The maximum atomic E-state index is 10.9. The van der Waals surface area contributed by atoms with Crippen LogP contribution in [0.3, 0.4) is 0 Å². The molecular weight excluding hydrogens is 212 g/mol. The van der Waals surface area contributed by atoms with Gasteiger partial charge in [0, 0.05) is 17.5 Å². The van der Waals surface area contributed by atoms with Gasteiger partial charge in [0.1, 0.15) is 17.3 Å². The largest absolute Gasteiger partial charge is 0.508 e. The maximum absolute atomic E-state index is 10.9. The van der Waals surface area contributed by atoms with Crippen molar-refractivity contribution in [3.63, 3.8) is 0 Å². The number of hydrogen-bond acceptors (Lipinski definition) is 4. The predicted molar refractivity (Wildman–Crippen MR) is 55.5 cm³/mol. The number of ketones is 1. The lowest BCUT2D eigenvalue weighted by atomic mass is 10.0. The fourth-order valence-corrected chi connectivity index (χ4v) is 1.38. The Morgan fingerprint density at radius 3 is 1.88 bits per heavy atom. The molecule has 0 aromatic heterocycles. The molecule has 5 heteroatoms. The van der Waals surface area contributed by atoms with E-state index in [1.165, 1.54) is 19.1 Å². The number of phenols is 2. The normalized spacial score (nSPS) is 10.1. The Kier molecular flexibility index (Phi) is 3.50. The number of aromatic hydroxyl groups is 2. The fraction of sp³-hybridized carbons (Fsp3) is 0.273. The molecule has 0 heterocycles. The highest BCUT2D eigenvalue weighted by atomic mass is 16.4. The second-order valence-corrected chi connectivity index (χ2v) is 3.56. The van der Waals surface area contributed by atoms with Crippen molar-refractivity contribution in [1.29, 1.82) is 0 Å². The van der Waals surface area contributed by atoms with E-state index in [4.69, 9.17) is 5.11 Å². The first-order valence-electron chi connectivity index (χ1n) is 4.65. The number of carbonyl (C=O) groups is 2. The van der Waals surface area contributed by atoms with Gasteiger partial charge in [-0.15, -0.1) is 0 Å². The third-order valence-electron chi connectivity index (χ3n) is 2.06. The Morgan fingerprint density at radius 2 is 1.50 bits per heavy atom. The van der Waals surface area contributed by atoms with Crippen molar-refractivity contribution < 1.29 is 24.9 Å². The number of phenolic OH excluding ortho intramolecular Hbond substituents is 2. The smallest absolute Gasteiger partial charge is 0.307 e. The van der Waals surface area contributed by atoms with E-state index in [0.29, 0.717) is 5.56 Å². The molecule has 1 rings (SSSR count). The van der Waals surface area contributed by atoms with E-state index in [2.05, 4.69) is 0 Å². The van der Waals surface area contributed by atoms with Gasteiger partial charge < -0.3 is 15.3 Å². The monoisotopic (exact) mass is 224 g/mol. The first-order valence-corrected chi connectivity index (χ1v) is 4.65. The number of carboxylic acids is 1. The molecule has 0 saturated heterocycles. The third-order valence-corrected chi connectivity index (χ3v) is 2.06. The van der Waals surface area contributed by atoms with Crippen LogP contribution in [0.2, 0.25) is 0 Å². The minimum absolute atomic E-state index is 0.00669. The quantitative estimate of drug-likeness (QED) is 0.659. The van der Waals surface area contributed by atoms with Crippen LogP contribution in [0.15, 0.2) is 12.1 Å². The van der Waals surface area contributed by atoms with Crippen molar-refractivity contribution in [2.75, 3.05) is 0 Å². The standard InChI is InChI=1S/C11H12O5/c1-6(12)2-7-3-10(14)8(4-9(7)13)5-11(15)16/h3-4,13-14H,2,5H2,1H3,(H,15,16). The van der Waals surface area contributed by atoms with Gasteiger partial charge in [0.15, 0.2) is 0 Å². The van der Waals surface area contributed by atoms with Crippen molar-refractivity contribution in [2.45, 2.75) is 19.8 Å². The van der Waals surface area contributed by atoms with Crippen molar-refractivity contribution in [3.8, 4) is 11.5 Å². The summed E-state index contributed by atoms with van der Waals surface area (Å²) in [5, 5.41) is 27.6. The van der Waals surface area contributed by atoms with Crippen LogP contribution >= 0.6 is 0 Å².